The Labute approximate surface area is 129 Å². The fraction of sp³-hybridized carbons (Fsp3) is 0.312. The average molecular weight is 307 g/mol. The monoisotopic (exact) mass is 306 g/mol. The topological polar surface area (TPSA) is 38.9 Å². The van der Waals surface area contributed by atoms with Crippen molar-refractivity contribution in [2.24, 2.45) is 11.7 Å². The molecule has 0 bridgehead atoms. The molecule has 2 nitrogen and oxygen atoms in total. The minimum Gasteiger partial charge on any atom is -0.323 e. The van der Waals surface area contributed by atoms with Crippen LogP contribution in [0, 0.1) is 5.92 Å². The van der Waals surface area contributed by atoms with E-state index in [1.165, 1.54) is 0 Å². The van der Waals surface area contributed by atoms with Crippen LogP contribution in [0.2, 0.25) is 5.02 Å². The number of nitrogens with zero attached hydrogens (tertiary/aromatic N) is 1. The third kappa shape index (κ3) is 3.98. The van der Waals surface area contributed by atoms with Gasteiger partial charge in [0.1, 0.15) is 0 Å². The van der Waals surface area contributed by atoms with E-state index in [0.29, 0.717) is 10.9 Å². The Balaban J connectivity index is 2.17. The molecule has 1 aromatic carbocycles. The van der Waals surface area contributed by atoms with Gasteiger partial charge in [0.25, 0.3) is 0 Å². The van der Waals surface area contributed by atoms with Gasteiger partial charge >= 0.3 is 0 Å². The molecule has 0 aliphatic rings. The van der Waals surface area contributed by atoms with E-state index in [4.69, 9.17) is 17.3 Å². The Morgan fingerprint density at radius 1 is 1.10 bits per heavy atom. The highest BCUT2D eigenvalue weighted by Crippen LogP contribution is 2.34. The SMILES string of the molecule is CC(C)C(Sc1ccc(Cl)cn1)C(N)c1ccccc1. The van der Waals surface area contributed by atoms with Gasteiger partial charge in [-0.05, 0) is 23.6 Å². The normalized spacial score (nSPS) is 14.2. The summed E-state index contributed by atoms with van der Waals surface area (Å²) < 4.78 is 0. The van der Waals surface area contributed by atoms with E-state index in [9.17, 15) is 0 Å². The van der Waals surface area contributed by atoms with E-state index in [1.807, 2.05) is 30.3 Å². The Bertz CT molecular complexity index is 528. The van der Waals surface area contributed by atoms with Crippen molar-refractivity contribution < 1.29 is 0 Å². The van der Waals surface area contributed by atoms with Crippen molar-refractivity contribution in [3.63, 3.8) is 0 Å². The molecule has 4 heteroatoms. The lowest BCUT2D eigenvalue weighted by atomic mass is 9.97. The van der Waals surface area contributed by atoms with Gasteiger partial charge in [0.15, 0.2) is 0 Å². The first-order valence-corrected chi connectivity index (χ1v) is 7.92. The molecule has 2 aromatic rings. The maximum absolute atomic E-state index is 6.44. The molecule has 1 heterocycles. The molecule has 0 amide bonds. The maximum Gasteiger partial charge on any atom is 0.0964 e. The average Bonchev–Trinajstić information content (AvgIpc) is 2.46. The number of rotatable bonds is 5. The van der Waals surface area contributed by atoms with Gasteiger partial charge in [-0.1, -0.05) is 55.8 Å². The van der Waals surface area contributed by atoms with E-state index in [2.05, 4.69) is 31.0 Å². The van der Waals surface area contributed by atoms with Crippen LogP contribution < -0.4 is 5.73 Å². The number of nitrogens with two attached hydrogens (primary N) is 1. The van der Waals surface area contributed by atoms with Crippen LogP contribution in [0.1, 0.15) is 25.5 Å². The van der Waals surface area contributed by atoms with Gasteiger partial charge < -0.3 is 5.73 Å². The molecular weight excluding hydrogens is 288 g/mol. The molecule has 106 valence electrons. The third-order valence-corrected chi connectivity index (χ3v) is 4.97. The maximum atomic E-state index is 6.44. The summed E-state index contributed by atoms with van der Waals surface area (Å²) in [5, 5.41) is 1.88. The fourth-order valence-electron chi connectivity index (χ4n) is 2.06. The Morgan fingerprint density at radius 2 is 1.80 bits per heavy atom. The second-order valence-electron chi connectivity index (χ2n) is 5.08. The van der Waals surface area contributed by atoms with Gasteiger partial charge in [-0.3, -0.25) is 0 Å². The predicted octanol–water partition coefficient (Wildman–Crippen LogP) is 4.55. The molecule has 20 heavy (non-hydrogen) atoms. The molecule has 0 aliphatic heterocycles. The number of thioether (sulfide) groups is 1. The molecule has 2 rings (SSSR count). The highest BCUT2D eigenvalue weighted by atomic mass is 35.5. The Morgan fingerprint density at radius 3 is 2.35 bits per heavy atom. The van der Waals surface area contributed by atoms with Gasteiger partial charge in [-0.25, -0.2) is 4.98 Å². The van der Waals surface area contributed by atoms with Crippen LogP contribution in [0.5, 0.6) is 0 Å². The van der Waals surface area contributed by atoms with Crippen molar-refractivity contribution in [3.8, 4) is 0 Å². The summed E-state index contributed by atoms with van der Waals surface area (Å²) >= 11 is 7.59. The number of aromatic nitrogens is 1. The minimum absolute atomic E-state index is 0.0151. The first-order chi connectivity index (χ1) is 9.58. The molecule has 2 N–H and O–H groups in total. The van der Waals surface area contributed by atoms with Crippen LogP contribution >= 0.6 is 23.4 Å². The minimum atomic E-state index is -0.0151. The van der Waals surface area contributed by atoms with Crippen molar-refractivity contribution in [2.75, 3.05) is 0 Å². The summed E-state index contributed by atoms with van der Waals surface area (Å²) in [6.45, 7) is 4.38. The summed E-state index contributed by atoms with van der Waals surface area (Å²) in [5.74, 6) is 0.452. The number of hydrogen-bond acceptors (Lipinski definition) is 3. The number of pyridine rings is 1. The van der Waals surface area contributed by atoms with E-state index in [1.54, 1.807) is 18.0 Å². The van der Waals surface area contributed by atoms with Crippen LogP contribution in [-0.4, -0.2) is 10.2 Å². The largest absolute Gasteiger partial charge is 0.323 e. The van der Waals surface area contributed by atoms with Crippen molar-refractivity contribution in [1.82, 2.24) is 4.98 Å². The van der Waals surface area contributed by atoms with Crippen molar-refractivity contribution in [1.29, 1.82) is 0 Å². The Hall–Kier alpha value is -1.03. The molecular formula is C16H19ClN2S. The van der Waals surface area contributed by atoms with Crippen LogP contribution in [0.3, 0.4) is 0 Å². The second-order valence-corrected chi connectivity index (χ2v) is 6.71. The lowest BCUT2D eigenvalue weighted by Crippen LogP contribution is -2.28. The molecule has 0 saturated carbocycles. The van der Waals surface area contributed by atoms with E-state index in [0.717, 1.165) is 10.6 Å². The quantitative estimate of drug-likeness (QED) is 0.824. The predicted molar refractivity (Wildman–Crippen MR) is 87.1 cm³/mol. The molecule has 0 aliphatic carbocycles. The fourth-order valence-corrected chi connectivity index (χ4v) is 3.29. The van der Waals surface area contributed by atoms with Crippen molar-refractivity contribution >= 4 is 23.4 Å². The molecule has 0 spiro atoms. The molecule has 0 radical (unpaired) electrons. The van der Waals surface area contributed by atoms with Gasteiger partial charge in [-0.15, -0.1) is 11.8 Å². The summed E-state index contributed by atoms with van der Waals surface area (Å²) in [5.41, 5.74) is 7.60. The summed E-state index contributed by atoms with van der Waals surface area (Å²) in [6, 6.07) is 14.0. The van der Waals surface area contributed by atoms with Crippen LogP contribution in [0.25, 0.3) is 0 Å². The molecule has 0 fully saturated rings. The molecule has 2 unspecified atom stereocenters. The molecule has 2 atom stereocenters. The van der Waals surface area contributed by atoms with Gasteiger partial charge in [-0.2, -0.15) is 0 Å². The summed E-state index contributed by atoms with van der Waals surface area (Å²) in [4.78, 5) is 4.35. The van der Waals surface area contributed by atoms with Gasteiger partial charge in [0.05, 0.1) is 10.0 Å². The zero-order chi connectivity index (χ0) is 14.5. The first kappa shape index (κ1) is 15.4. The lowest BCUT2D eigenvalue weighted by molar-refractivity contribution is 0.527. The summed E-state index contributed by atoms with van der Waals surface area (Å²) in [6.07, 6.45) is 1.68. The highest BCUT2D eigenvalue weighted by Gasteiger charge is 2.24. The third-order valence-electron chi connectivity index (χ3n) is 3.15. The molecule has 1 aromatic heterocycles. The number of hydrogen-bond donors (Lipinski definition) is 1. The first-order valence-electron chi connectivity index (χ1n) is 6.66. The van der Waals surface area contributed by atoms with E-state index in [-0.39, 0.29) is 11.3 Å². The summed E-state index contributed by atoms with van der Waals surface area (Å²) in [7, 11) is 0. The van der Waals surface area contributed by atoms with E-state index >= 15 is 0 Å². The second kappa shape index (κ2) is 7.11. The van der Waals surface area contributed by atoms with Crippen molar-refractivity contribution in [2.45, 2.75) is 30.2 Å². The van der Waals surface area contributed by atoms with Crippen LogP contribution in [0.15, 0.2) is 53.7 Å². The zero-order valence-electron chi connectivity index (χ0n) is 11.7. The zero-order valence-corrected chi connectivity index (χ0v) is 13.2. The lowest BCUT2D eigenvalue weighted by Gasteiger charge is -2.26. The Kier molecular flexibility index (Phi) is 5.46. The number of halogens is 1. The number of benzene rings is 1. The van der Waals surface area contributed by atoms with Crippen molar-refractivity contribution in [3.05, 3.63) is 59.2 Å². The van der Waals surface area contributed by atoms with Gasteiger partial charge in [0, 0.05) is 17.5 Å². The van der Waals surface area contributed by atoms with Crippen LogP contribution in [0.4, 0.5) is 0 Å². The van der Waals surface area contributed by atoms with Gasteiger partial charge in [0.2, 0.25) is 0 Å². The standard InChI is InChI=1S/C16H19ClN2S/c1-11(2)16(15(18)12-6-4-3-5-7-12)20-14-9-8-13(17)10-19-14/h3-11,15-16H,18H2,1-2H3. The smallest absolute Gasteiger partial charge is 0.0964 e. The van der Waals surface area contributed by atoms with E-state index < -0.39 is 0 Å². The van der Waals surface area contributed by atoms with Crippen LogP contribution in [-0.2, 0) is 0 Å². The highest BCUT2D eigenvalue weighted by molar-refractivity contribution is 7.99. The molecule has 0 saturated heterocycles.